The van der Waals surface area contributed by atoms with E-state index in [9.17, 15) is 4.39 Å². The predicted octanol–water partition coefficient (Wildman–Crippen LogP) is 1.77. The Morgan fingerprint density at radius 2 is 2.38 bits per heavy atom. The van der Waals surface area contributed by atoms with E-state index in [0.29, 0.717) is 5.69 Å². The van der Waals surface area contributed by atoms with Gasteiger partial charge >= 0.3 is 0 Å². The molecule has 0 fully saturated rings. The molecular formula is C9H9FN2O. The first-order valence-electron chi connectivity index (χ1n) is 3.72. The van der Waals surface area contributed by atoms with Gasteiger partial charge in [0.1, 0.15) is 6.54 Å². The molecule has 1 N–H and O–H groups in total. The summed E-state index contributed by atoms with van der Waals surface area (Å²) in [5, 5.41) is 11.0. The second kappa shape index (κ2) is 4.31. The molecule has 68 valence electrons. The SMILES string of the molecule is COc1ccc(NCC#N)cc1F. The van der Waals surface area contributed by atoms with Crippen LogP contribution < -0.4 is 10.1 Å². The number of halogens is 1. The molecule has 0 aliphatic heterocycles. The van der Waals surface area contributed by atoms with Crippen LogP contribution in [0.5, 0.6) is 5.75 Å². The van der Waals surface area contributed by atoms with Gasteiger partial charge in [0.15, 0.2) is 11.6 Å². The summed E-state index contributed by atoms with van der Waals surface area (Å²) in [7, 11) is 1.40. The van der Waals surface area contributed by atoms with Crippen LogP contribution >= 0.6 is 0 Å². The standard InChI is InChI=1S/C9H9FN2O/c1-13-9-3-2-7(6-8(9)10)12-5-4-11/h2-3,6,12H,5H2,1H3. The largest absolute Gasteiger partial charge is 0.494 e. The maximum absolute atomic E-state index is 13.0. The van der Waals surface area contributed by atoms with E-state index < -0.39 is 5.82 Å². The van der Waals surface area contributed by atoms with Gasteiger partial charge in [0.05, 0.1) is 13.2 Å². The molecule has 0 unspecified atom stereocenters. The average molecular weight is 180 g/mol. The number of nitrogens with zero attached hydrogens (tertiary/aromatic N) is 1. The zero-order valence-electron chi connectivity index (χ0n) is 7.17. The number of hydrogen-bond donors (Lipinski definition) is 1. The molecule has 0 bridgehead atoms. The molecule has 0 aromatic heterocycles. The zero-order chi connectivity index (χ0) is 9.68. The van der Waals surface area contributed by atoms with E-state index in [-0.39, 0.29) is 12.3 Å². The van der Waals surface area contributed by atoms with Gasteiger partial charge in [0.25, 0.3) is 0 Å². The highest BCUT2D eigenvalue weighted by atomic mass is 19.1. The summed E-state index contributed by atoms with van der Waals surface area (Å²) in [5.41, 5.74) is 0.569. The molecule has 4 heteroatoms. The Bertz CT molecular complexity index is 333. The monoisotopic (exact) mass is 180 g/mol. The minimum atomic E-state index is -0.439. The van der Waals surface area contributed by atoms with Crippen molar-refractivity contribution in [3.63, 3.8) is 0 Å². The molecule has 13 heavy (non-hydrogen) atoms. The van der Waals surface area contributed by atoms with Crippen molar-refractivity contribution in [2.24, 2.45) is 0 Å². The van der Waals surface area contributed by atoms with Gasteiger partial charge in [-0.3, -0.25) is 0 Å². The summed E-state index contributed by atoms with van der Waals surface area (Å²) < 4.78 is 17.8. The molecule has 1 rings (SSSR count). The second-order valence-electron chi connectivity index (χ2n) is 2.36. The first-order valence-corrected chi connectivity index (χ1v) is 3.72. The number of methoxy groups -OCH3 is 1. The molecule has 1 aromatic rings. The van der Waals surface area contributed by atoms with Gasteiger partial charge in [-0.2, -0.15) is 5.26 Å². The number of anilines is 1. The highest BCUT2D eigenvalue weighted by Crippen LogP contribution is 2.20. The molecule has 0 atom stereocenters. The van der Waals surface area contributed by atoms with Crippen molar-refractivity contribution in [1.82, 2.24) is 0 Å². The Kier molecular flexibility index (Phi) is 3.09. The maximum atomic E-state index is 13.0. The third kappa shape index (κ3) is 2.34. The third-order valence-corrected chi connectivity index (χ3v) is 1.52. The minimum Gasteiger partial charge on any atom is -0.494 e. The van der Waals surface area contributed by atoms with E-state index in [2.05, 4.69) is 5.32 Å². The number of nitriles is 1. The summed E-state index contributed by atoms with van der Waals surface area (Å²) in [5.74, 6) is -0.243. The lowest BCUT2D eigenvalue weighted by Gasteiger charge is -2.04. The minimum absolute atomic E-state index is 0.159. The molecule has 1 aromatic carbocycles. The summed E-state index contributed by atoms with van der Waals surface area (Å²) in [4.78, 5) is 0. The van der Waals surface area contributed by atoms with E-state index in [1.54, 1.807) is 6.07 Å². The summed E-state index contributed by atoms with van der Waals surface area (Å²) in [6, 6.07) is 6.35. The van der Waals surface area contributed by atoms with Crippen LogP contribution in [0.15, 0.2) is 18.2 Å². The fourth-order valence-electron chi connectivity index (χ4n) is 0.918. The normalized spacial score (nSPS) is 9.00. The molecule has 0 aliphatic rings. The Morgan fingerprint density at radius 3 is 2.92 bits per heavy atom. The van der Waals surface area contributed by atoms with Crippen molar-refractivity contribution in [2.45, 2.75) is 0 Å². The molecule has 0 spiro atoms. The van der Waals surface area contributed by atoms with Crippen molar-refractivity contribution in [3.8, 4) is 11.8 Å². The summed E-state index contributed by atoms with van der Waals surface area (Å²) in [6.45, 7) is 0.159. The summed E-state index contributed by atoms with van der Waals surface area (Å²) >= 11 is 0. The third-order valence-electron chi connectivity index (χ3n) is 1.52. The van der Waals surface area contributed by atoms with Gasteiger partial charge in [0, 0.05) is 11.8 Å². The number of hydrogen-bond acceptors (Lipinski definition) is 3. The molecule has 0 heterocycles. The molecular weight excluding hydrogens is 171 g/mol. The molecule has 0 aliphatic carbocycles. The Hall–Kier alpha value is -1.76. The van der Waals surface area contributed by atoms with Crippen molar-refractivity contribution < 1.29 is 9.13 Å². The quantitative estimate of drug-likeness (QED) is 0.721. The van der Waals surface area contributed by atoms with Crippen LogP contribution in [0.4, 0.5) is 10.1 Å². The zero-order valence-corrected chi connectivity index (χ0v) is 7.17. The van der Waals surface area contributed by atoms with Gasteiger partial charge in [0.2, 0.25) is 0 Å². The summed E-state index contributed by atoms with van der Waals surface area (Å²) in [6.07, 6.45) is 0. The Labute approximate surface area is 75.7 Å². The molecule has 0 saturated heterocycles. The Balaban J connectivity index is 2.78. The van der Waals surface area contributed by atoms with Crippen molar-refractivity contribution in [3.05, 3.63) is 24.0 Å². The second-order valence-corrected chi connectivity index (χ2v) is 2.36. The number of rotatable bonds is 3. The number of ether oxygens (including phenoxy) is 1. The highest BCUT2D eigenvalue weighted by Gasteiger charge is 2.01. The van der Waals surface area contributed by atoms with Crippen LogP contribution in [0.3, 0.4) is 0 Å². The average Bonchev–Trinajstić information content (AvgIpc) is 2.15. The van der Waals surface area contributed by atoms with Gasteiger partial charge in [-0.25, -0.2) is 4.39 Å². The van der Waals surface area contributed by atoms with E-state index in [1.807, 2.05) is 6.07 Å². The van der Waals surface area contributed by atoms with Crippen molar-refractivity contribution in [1.29, 1.82) is 5.26 Å². The molecule has 0 radical (unpaired) electrons. The first kappa shape index (κ1) is 9.33. The Morgan fingerprint density at radius 1 is 1.62 bits per heavy atom. The fourth-order valence-corrected chi connectivity index (χ4v) is 0.918. The van der Waals surface area contributed by atoms with Gasteiger partial charge in [-0.05, 0) is 12.1 Å². The van der Waals surface area contributed by atoms with Crippen LogP contribution in [-0.2, 0) is 0 Å². The van der Waals surface area contributed by atoms with Crippen molar-refractivity contribution >= 4 is 5.69 Å². The van der Waals surface area contributed by atoms with Crippen LogP contribution in [0.25, 0.3) is 0 Å². The van der Waals surface area contributed by atoms with E-state index in [1.165, 1.54) is 19.2 Å². The van der Waals surface area contributed by atoms with Crippen LogP contribution in [0.2, 0.25) is 0 Å². The van der Waals surface area contributed by atoms with Gasteiger partial charge in [-0.1, -0.05) is 0 Å². The topological polar surface area (TPSA) is 45.0 Å². The van der Waals surface area contributed by atoms with E-state index in [4.69, 9.17) is 10.00 Å². The maximum Gasteiger partial charge on any atom is 0.167 e. The molecule has 0 saturated carbocycles. The fraction of sp³-hybridized carbons (Fsp3) is 0.222. The lowest BCUT2D eigenvalue weighted by molar-refractivity contribution is 0.386. The van der Waals surface area contributed by atoms with E-state index >= 15 is 0 Å². The van der Waals surface area contributed by atoms with Crippen LogP contribution in [0.1, 0.15) is 0 Å². The smallest absolute Gasteiger partial charge is 0.167 e. The predicted molar refractivity (Wildman–Crippen MR) is 47.1 cm³/mol. The number of nitrogens with one attached hydrogen (secondary N) is 1. The van der Waals surface area contributed by atoms with Gasteiger partial charge < -0.3 is 10.1 Å². The van der Waals surface area contributed by atoms with Gasteiger partial charge in [-0.15, -0.1) is 0 Å². The highest BCUT2D eigenvalue weighted by molar-refractivity contribution is 5.47. The van der Waals surface area contributed by atoms with Crippen molar-refractivity contribution in [2.75, 3.05) is 19.0 Å². The first-order chi connectivity index (χ1) is 6.27. The lowest BCUT2D eigenvalue weighted by Crippen LogP contribution is -1.99. The van der Waals surface area contributed by atoms with Crippen LogP contribution in [0, 0.1) is 17.1 Å². The lowest BCUT2D eigenvalue weighted by atomic mass is 10.3. The number of benzene rings is 1. The molecule has 3 nitrogen and oxygen atoms in total. The van der Waals surface area contributed by atoms with Crippen LogP contribution in [-0.4, -0.2) is 13.7 Å². The van der Waals surface area contributed by atoms with E-state index in [0.717, 1.165) is 0 Å². The molecule has 0 amide bonds.